The number of hydrogen-bond donors (Lipinski definition) is 1. The fourth-order valence-corrected chi connectivity index (χ4v) is 2.03. The van der Waals surface area contributed by atoms with Gasteiger partial charge in [-0.2, -0.15) is 0 Å². The second-order valence-corrected chi connectivity index (χ2v) is 5.40. The van der Waals surface area contributed by atoms with E-state index in [-0.39, 0.29) is 17.2 Å². The van der Waals surface area contributed by atoms with Crippen LogP contribution in [0.5, 0.6) is 0 Å². The quantitative estimate of drug-likeness (QED) is 0.588. The number of anilines is 1. The monoisotopic (exact) mass is 370 g/mol. The molecule has 2 rings (SSSR count). The molecule has 2 aromatic rings. The number of nitrogens with zero attached hydrogens (tertiary/aromatic N) is 1. The molecule has 0 saturated carbocycles. The van der Waals surface area contributed by atoms with Gasteiger partial charge in [-0.3, -0.25) is 9.59 Å². The molecule has 0 radical (unpaired) electrons. The van der Waals surface area contributed by atoms with Gasteiger partial charge in [0.15, 0.2) is 12.4 Å². The highest BCUT2D eigenvalue weighted by Crippen LogP contribution is 2.11. The summed E-state index contributed by atoms with van der Waals surface area (Å²) in [6.45, 7) is 1.28. The van der Waals surface area contributed by atoms with Crippen molar-refractivity contribution in [3.8, 4) is 0 Å². The summed E-state index contributed by atoms with van der Waals surface area (Å²) in [6.07, 6.45) is 1.54. The summed E-state index contributed by atoms with van der Waals surface area (Å²) in [5, 5.41) is 2.67. The molecule has 0 bridgehead atoms. The van der Waals surface area contributed by atoms with Crippen LogP contribution in [0.2, 0.25) is 0 Å². The van der Waals surface area contributed by atoms with Crippen molar-refractivity contribution in [3.05, 3.63) is 59.4 Å². The van der Waals surface area contributed by atoms with Crippen LogP contribution in [-0.2, 0) is 14.3 Å². The Balaban J connectivity index is 1.91. The zero-order valence-electron chi connectivity index (χ0n) is 14.9. The molecule has 0 spiro atoms. The number of Topliss-reactive ketones (excluding diaryl/α,β-unsaturated/α-hetero) is 1. The van der Waals surface area contributed by atoms with Gasteiger partial charge < -0.3 is 14.8 Å². The molecule has 0 aliphatic heterocycles. The summed E-state index contributed by atoms with van der Waals surface area (Å²) in [5.41, 5.74) is 1.07. The lowest BCUT2D eigenvalue weighted by atomic mass is 10.1. The minimum absolute atomic E-state index is 0.0342. The van der Waals surface area contributed by atoms with Crippen LogP contribution in [-0.4, -0.2) is 42.3 Å². The maximum absolute atomic E-state index is 12.1. The Morgan fingerprint density at radius 2 is 1.63 bits per heavy atom. The van der Waals surface area contributed by atoms with Crippen molar-refractivity contribution in [2.24, 2.45) is 0 Å². The molecule has 140 valence electrons. The zero-order chi connectivity index (χ0) is 19.8. The zero-order valence-corrected chi connectivity index (χ0v) is 14.9. The van der Waals surface area contributed by atoms with Crippen molar-refractivity contribution in [3.63, 3.8) is 0 Å². The number of pyridine rings is 1. The number of esters is 2. The predicted octanol–water partition coefficient (Wildman–Crippen LogP) is 2.26. The smallest absolute Gasteiger partial charge is 0.357 e. The van der Waals surface area contributed by atoms with Gasteiger partial charge in [-0.1, -0.05) is 6.92 Å². The number of aromatic nitrogens is 1. The molecule has 8 nitrogen and oxygen atoms in total. The van der Waals surface area contributed by atoms with E-state index in [0.29, 0.717) is 17.7 Å². The van der Waals surface area contributed by atoms with Gasteiger partial charge in [0.05, 0.1) is 12.7 Å². The molecule has 1 N–H and O–H groups in total. The van der Waals surface area contributed by atoms with Gasteiger partial charge in [0, 0.05) is 23.9 Å². The predicted molar refractivity (Wildman–Crippen MR) is 95.6 cm³/mol. The molecule has 1 heterocycles. The van der Waals surface area contributed by atoms with Gasteiger partial charge in [-0.15, -0.1) is 0 Å². The van der Waals surface area contributed by atoms with E-state index < -0.39 is 24.3 Å². The van der Waals surface area contributed by atoms with Gasteiger partial charge in [0.1, 0.15) is 5.69 Å². The van der Waals surface area contributed by atoms with E-state index in [0.717, 1.165) is 0 Å². The largest absolute Gasteiger partial charge is 0.465 e. The summed E-state index contributed by atoms with van der Waals surface area (Å²) in [5.74, 6) is -1.89. The van der Waals surface area contributed by atoms with Crippen molar-refractivity contribution < 1.29 is 28.7 Å². The van der Waals surface area contributed by atoms with E-state index in [1.807, 2.05) is 0 Å². The summed E-state index contributed by atoms with van der Waals surface area (Å²) in [7, 11) is 1.24. The molecule has 1 aromatic carbocycles. The first-order chi connectivity index (χ1) is 12.9. The van der Waals surface area contributed by atoms with E-state index >= 15 is 0 Å². The fourth-order valence-electron chi connectivity index (χ4n) is 2.03. The first-order valence-corrected chi connectivity index (χ1v) is 8.09. The third kappa shape index (κ3) is 5.46. The molecule has 27 heavy (non-hydrogen) atoms. The Kier molecular flexibility index (Phi) is 6.76. The van der Waals surface area contributed by atoms with Crippen LogP contribution in [0.4, 0.5) is 5.69 Å². The van der Waals surface area contributed by atoms with Crippen LogP contribution in [0.1, 0.15) is 44.5 Å². The Morgan fingerprint density at radius 1 is 0.963 bits per heavy atom. The Hall–Kier alpha value is -3.55. The molecule has 1 aromatic heterocycles. The third-order valence-corrected chi connectivity index (χ3v) is 3.54. The van der Waals surface area contributed by atoms with Gasteiger partial charge in [-0.25, -0.2) is 14.6 Å². The van der Waals surface area contributed by atoms with Gasteiger partial charge in [0.25, 0.3) is 0 Å². The van der Waals surface area contributed by atoms with Gasteiger partial charge >= 0.3 is 11.9 Å². The molecule has 0 atom stereocenters. The average Bonchev–Trinajstić information content (AvgIpc) is 2.71. The molecule has 0 aliphatic rings. The molecule has 0 unspecified atom stereocenters. The maximum Gasteiger partial charge on any atom is 0.357 e. The Labute approximate surface area is 155 Å². The highest BCUT2D eigenvalue weighted by atomic mass is 16.5. The van der Waals surface area contributed by atoms with Crippen molar-refractivity contribution >= 4 is 29.3 Å². The highest BCUT2D eigenvalue weighted by molar-refractivity contribution is 6.00. The number of ketones is 1. The first-order valence-electron chi connectivity index (χ1n) is 8.09. The normalized spacial score (nSPS) is 10.0. The van der Waals surface area contributed by atoms with Gasteiger partial charge in [0.2, 0.25) is 5.91 Å². The number of nitrogens with one attached hydrogen (secondary N) is 1. The lowest BCUT2D eigenvalue weighted by Gasteiger charge is -2.06. The lowest BCUT2D eigenvalue weighted by molar-refractivity contribution is -0.115. The third-order valence-electron chi connectivity index (χ3n) is 3.54. The van der Waals surface area contributed by atoms with Crippen LogP contribution in [0.3, 0.4) is 0 Å². The topological polar surface area (TPSA) is 112 Å². The van der Waals surface area contributed by atoms with E-state index in [4.69, 9.17) is 4.74 Å². The van der Waals surface area contributed by atoms with Crippen LogP contribution in [0.25, 0.3) is 0 Å². The van der Waals surface area contributed by atoms with Crippen molar-refractivity contribution in [1.82, 2.24) is 4.98 Å². The average molecular weight is 370 g/mol. The van der Waals surface area contributed by atoms with Crippen molar-refractivity contribution in [2.45, 2.75) is 13.3 Å². The summed E-state index contributed by atoms with van der Waals surface area (Å²) in [6, 6.07) is 8.94. The van der Waals surface area contributed by atoms with Crippen LogP contribution < -0.4 is 5.32 Å². The van der Waals surface area contributed by atoms with Crippen LogP contribution in [0.15, 0.2) is 42.6 Å². The molecular formula is C19H18N2O6. The fraction of sp³-hybridized carbons (Fsp3) is 0.211. The number of hydrogen-bond acceptors (Lipinski definition) is 7. The number of methoxy groups -OCH3 is 1. The highest BCUT2D eigenvalue weighted by Gasteiger charge is 2.14. The summed E-state index contributed by atoms with van der Waals surface area (Å²) in [4.78, 5) is 50.5. The van der Waals surface area contributed by atoms with Gasteiger partial charge in [-0.05, 0) is 36.4 Å². The second kappa shape index (κ2) is 9.23. The molecule has 0 saturated heterocycles. The van der Waals surface area contributed by atoms with E-state index in [9.17, 15) is 19.2 Å². The molecule has 8 heteroatoms. The minimum Gasteiger partial charge on any atom is -0.465 e. The maximum atomic E-state index is 12.1. The number of carbonyl (C=O) groups is 4. The number of carbonyl (C=O) groups excluding carboxylic acids is 4. The lowest BCUT2D eigenvalue weighted by Crippen LogP contribution is -2.16. The van der Waals surface area contributed by atoms with E-state index in [1.54, 1.807) is 19.1 Å². The molecule has 1 amide bonds. The Bertz CT molecular complexity index is 844. The molecule has 0 fully saturated rings. The van der Waals surface area contributed by atoms with Crippen LogP contribution >= 0.6 is 0 Å². The molecular weight excluding hydrogens is 352 g/mol. The van der Waals surface area contributed by atoms with Crippen molar-refractivity contribution in [2.75, 3.05) is 19.0 Å². The standard InChI is InChI=1S/C19H18N2O6/c1-3-17(23)21-14-7-4-12(5-8-14)16(22)11-27-19(25)15-9-6-13(10-20-15)18(24)26-2/h4-10H,3,11H2,1-2H3,(H,21,23). The Morgan fingerprint density at radius 3 is 2.19 bits per heavy atom. The van der Waals surface area contributed by atoms with E-state index in [1.165, 1.54) is 37.6 Å². The number of benzene rings is 1. The van der Waals surface area contributed by atoms with Crippen molar-refractivity contribution in [1.29, 1.82) is 0 Å². The number of ether oxygens (including phenoxy) is 2. The number of amides is 1. The summed E-state index contributed by atoms with van der Waals surface area (Å²) < 4.78 is 9.48. The second-order valence-electron chi connectivity index (χ2n) is 5.40. The summed E-state index contributed by atoms with van der Waals surface area (Å²) >= 11 is 0. The SMILES string of the molecule is CCC(=O)Nc1ccc(C(=O)COC(=O)c2ccc(C(=O)OC)cn2)cc1. The molecule has 0 aliphatic carbocycles. The van der Waals surface area contributed by atoms with Crippen LogP contribution in [0, 0.1) is 0 Å². The minimum atomic E-state index is -0.786. The first kappa shape index (κ1) is 19.8. The number of rotatable bonds is 7. The van der Waals surface area contributed by atoms with E-state index in [2.05, 4.69) is 15.0 Å².